The Bertz CT molecular complexity index is 2360. The van der Waals surface area contributed by atoms with E-state index < -0.39 is 29.5 Å². The van der Waals surface area contributed by atoms with Gasteiger partial charge in [-0.1, -0.05) is 38.8 Å². The van der Waals surface area contributed by atoms with Crippen LogP contribution in [0, 0.1) is 23.7 Å². The minimum Gasteiger partial charge on any atom is -0.507 e. The Balaban J connectivity index is 0.709. The molecular weight excluding hydrogens is 875 g/mol. The molecule has 0 bridgehead atoms. The van der Waals surface area contributed by atoms with Crippen LogP contribution in [0.3, 0.4) is 0 Å². The van der Waals surface area contributed by atoms with E-state index in [0.717, 1.165) is 89.5 Å². The predicted molar refractivity (Wildman–Crippen MR) is 263 cm³/mol. The smallest absolute Gasteiger partial charge is 0.246 e. The highest BCUT2D eigenvalue weighted by atomic mass is 16.5. The first-order chi connectivity index (χ1) is 33.3. The summed E-state index contributed by atoms with van der Waals surface area (Å²) in [6.07, 6.45) is 14.4. The van der Waals surface area contributed by atoms with Crippen molar-refractivity contribution in [3.63, 3.8) is 0 Å². The fourth-order valence-electron chi connectivity index (χ4n) is 11.9. The molecule has 3 amide bonds. The molecule has 2 aromatic heterocycles. The Hall–Kier alpha value is -5.54. The lowest BCUT2D eigenvalue weighted by molar-refractivity contribution is -0.144. The number of methoxy groups -OCH3 is 1. The Labute approximate surface area is 406 Å². The average molecular weight is 946 g/mol. The van der Waals surface area contributed by atoms with Gasteiger partial charge in [0.25, 0.3) is 0 Å². The Morgan fingerprint density at radius 1 is 0.870 bits per heavy atom. The maximum Gasteiger partial charge on any atom is 0.246 e. The topological polar surface area (TPSA) is 192 Å². The van der Waals surface area contributed by atoms with Gasteiger partial charge in [0.05, 0.1) is 37.2 Å². The van der Waals surface area contributed by atoms with Gasteiger partial charge in [-0.3, -0.25) is 24.3 Å². The fraction of sp³-hybridized carbons (Fsp3) is 0.615. The van der Waals surface area contributed by atoms with Crippen molar-refractivity contribution in [3.05, 3.63) is 53.9 Å². The summed E-state index contributed by atoms with van der Waals surface area (Å²) in [4.78, 5) is 58.2. The van der Waals surface area contributed by atoms with Gasteiger partial charge < -0.3 is 50.5 Å². The summed E-state index contributed by atoms with van der Waals surface area (Å²) < 4.78 is 5.42. The Morgan fingerprint density at radius 2 is 1.55 bits per heavy atom. The van der Waals surface area contributed by atoms with Gasteiger partial charge in [0.1, 0.15) is 29.3 Å². The number of anilines is 2. The molecule has 0 unspecified atom stereocenters. The van der Waals surface area contributed by atoms with E-state index in [4.69, 9.17) is 11.2 Å². The number of aromatic nitrogens is 3. The van der Waals surface area contributed by atoms with Crippen molar-refractivity contribution in [2.45, 2.75) is 127 Å². The first kappa shape index (κ1) is 48.5. The molecule has 5 N–H and O–H groups in total. The molecule has 17 heteroatoms. The first-order valence-electron chi connectivity index (χ1n) is 25.2. The van der Waals surface area contributed by atoms with E-state index in [9.17, 15) is 24.6 Å². The summed E-state index contributed by atoms with van der Waals surface area (Å²) in [7, 11) is 1.50. The fourth-order valence-corrected chi connectivity index (χ4v) is 11.9. The van der Waals surface area contributed by atoms with Crippen molar-refractivity contribution in [1.29, 1.82) is 0 Å². The number of ether oxygens (including phenoxy) is 1. The van der Waals surface area contributed by atoms with Crippen molar-refractivity contribution in [3.8, 4) is 35.1 Å². The van der Waals surface area contributed by atoms with Crippen molar-refractivity contribution in [2.75, 3.05) is 76.2 Å². The second-order valence-corrected chi connectivity index (χ2v) is 21.2. The summed E-state index contributed by atoms with van der Waals surface area (Å²) in [5.74, 6) is 2.91. The molecule has 0 radical (unpaired) electrons. The number of β-amino-alcohol motifs (C(OH)–C–C–N with tert-alkyl or cyclic N) is 1. The van der Waals surface area contributed by atoms with Crippen molar-refractivity contribution in [1.82, 2.24) is 45.4 Å². The Morgan fingerprint density at radius 3 is 2.22 bits per heavy atom. The number of aliphatic hydroxyl groups is 1. The Kier molecular flexibility index (Phi) is 14.6. The predicted octanol–water partition coefficient (Wildman–Crippen LogP) is 3.45. The van der Waals surface area contributed by atoms with Crippen LogP contribution in [-0.4, -0.2) is 171 Å². The molecule has 1 aliphatic carbocycles. The number of nitrogens with one attached hydrogen (secondary N) is 3. The van der Waals surface area contributed by atoms with E-state index in [1.165, 1.54) is 43.9 Å². The molecule has 69 heavy (non-hydrogen) atoms. The molecule has 1 saturated carbocycles. The number of rotatable bonds is 11. The number of fused-ring (bicyclic) bond motifs is 3. The van der Waals surface area contributed by atoms with Crippen LogP contribution in [0.4, 0.5) is 11.5 Å². The zero-order chi connectivity index (χ0) is 48.4. The summed E-state index contributed by atoms with van der Waals surface area (Å²) >= 11 is 0. The third kappa shape index (κ3) is 10.6. The molecule has 1 aromatic carbocycles. The number of aromatic hydroxyl groups is 1. The highest BCUT2D eigenvalue weighted by Gasteiger charge is 2.46. The second-order valence-electron chi connectivity index (χ2n) is 21.2. The number of pyridine rings is 1. The van der Waals surface area contributed by atoms with Gasteiger partial charge >= 0.3 is 0 Å². The summed E-state index contributed by atoms with van der Waals surface area (Å²) in [5, 5.41) is 39.6. The highest BCUT2D eigenvalue weighted by molar-refractivity contribution is 5.93. The highest BCUT2D eigenvalue weighted by Crippen LogP contribution is 2.38. The number of carbonyl (C=O) groups is 3. The van der Waals surface area contributed by atoms with Crippen LogP contribution in [0.1, 0.15) is 89.8 Å². The quantitative estimate of drug-likeness (QED) is 0.176. The number of phenols is 1. The number of hydrogen-bond donors (Lipinski definition) is 5. The molecule has 4 atom stereocenters. The summed E-state index contributed by atoms with van der Waals surface area (Å²) in [6.45, 7) is 14.1. The number of carbonyl (C=O) groups excluding carboxylic acids is 3. The molecular formula is C52H71N11O6. The minimum absolute atomic E-state index is 0.00662. The van der Waals surface area contributed by atoms with Crippen LogP contribution >= 0.6 is 0 Å². The van der Waals surface area contributed by atoms with E-state index in [-0.39, 0.29) is 43.0 Å². The average Bonchev–Trinajstić information content (AvgIpc) is 3.78. The van der Waals surface area contributed by atoms with E-state index in [1.807, 2.05) is 39.0 Å². The summed E-state index contributed by atoms with van der Waals surface area (Å²) in [6, 6.07) is 11.3. The normalized spacial score (nSPS) is 25.7. The molecule has 9 rings (SSSR count). The first-order valence-corrected chi connectivity index (χ1v) is 25.2. The van der Waals surface area contributed by atoms with Crippen LogP contribution in [0.25, 0.3) is 11.3 Å². The molecule has 5 aliphatic heterocycles. The third-order valence-corrected chi connectivity index (χ3v) is 15.9. The van der Waals surface area contributed by atoms with Crippen LogP contribution in [0.2, 0.25) is 0 Å². The SMILES string of the molecule is C#Cc1cnc(CNC(=O)[C@@H]2C[C@@H](O)CN2C(=O)[C@@H](NC(=O)[C@H]2CC[C@H](N3CCC(N4CCC(N5CCN6c7cc(-c8ccccc8O)nnc7NC[C@H]6C5)CC4)CC3)CC2)C(C)(C)C)c(OC)c1. The lowest BCUT2D eigenvalue weighted by atomic mass is 9.82. The number of phenolic OH excluding ortho intramolecular Hbond substituents is 1. The maximum absolute atomic E-state index is 14.3. The van der Waals surface area contributed by atoms with E-state index in [1.54, 1.807) is 12.1 Å². The number of benzene rings is 1. The van der Waals surface area contributed by atoms with E-state index in [0.29, 0.717) is 52.4 Å². The molecule has 370 valence electrons. The molecule has 7 heterocycles. The van der Waals surface area contributed by atoms with Crippen LogP contribution in [0.5, 0.6) is 11.5 Å². The molecule has 5 fully saturated rings. The molecule has 4 saturated heterocycles. The lowest BCUT2D eigenvalue weighted by Gasteiger charge is -2.50. The number of amides is 3. The van der Waals surface area contributed by atoms with Crippen molar-refractivity contribution < 1.29 is 29.3 Å². The van der Waals surface area contributed by atoms with E-state index >= 15 is 0 Å². The number of piperazine rings is 1. The van der Waals surface area contributed by atoms with Gasteiger partial charge in [-0.05, 0) is 107 Å². The maximum atomic E-state index is 14.3. The van der Waals surface area contributed by atoms with Gasteiger partial charge in [0, 0.05) is 80.5 Å². The van der Waals surface area contributed by atoms with Gasteiger partial charge in [-0.2, -0.15) is 0 Å². The summed E-state index contributed by atoms with van der Waals surface area (Å²) in [5.41, 5.74) is 2.85. The van der Waals surface area contributed by atoms with Crippen LogP contribution < -0.4 is 25.6 Å². The number of likely N-dealkylation sites (tertiary alicyclic amines) is 3. The van der Waals surface area contributed by atoms with Gasteiger partial charge in [0.15, 0.2) is 5.82 Å². The second kappa shape index (κ2) is 20.8. The number of piperidine rings is 2. The van der Waals surface area contributed by atoms with Gasteiger partial charge in [0.2, 0.25) is 17.7 Å². The van der Waals surface area contributed by atoms with Gasteiger partial charge in [-0.15, -0.1) is 16.6 Å². The molecule has 3 aromatic rings. The number of terminal acetylenes is 1. The number of aliphatic hydroxyl groups excluding tert-OH is 1. The molecule has 17 nitrogen and oxygen atoms in total. The van der Waals surface area contributed by atoms with Crippen molar-refractivity contribution in [2.24, 2.45) is 11.3 Å². The number of hydrogen-bond acceptors (Lipinski definition) is 14. The third-order valence-electron chi connectivity index (χ3n) is 15.9. The lowest BCUT2D eigenvalue weighted by Crippen LogP contribution is -2.61. The standard InChI is InChI=1S/C52H71N11O6/c1-6-33-25-46(69-5)42(53-28-33)30-55-50(67)44-26-39(64)32-63(44)51(68)47(52(2,3)4)56-49(66)34-11-13-35(14-12-34)59-19-15-36(16-20-59)60-21-17-37(18-22-60)61-23-24-62-38(31-61)29-54-48-43(62)27-41(57-58-48)40-9-7-8-10-45(40)65/h1,7-10,25,27-28,34-39,44,47,64-65H,11-24,26,29-32H2,2-5H3,(H,54,58)(H,55,67)(H,56,66)/t34-,35-,38-,39+,44-,47+/m0/s1. The molecule has 6 aliphatic rings. The largest absolute Gasteiger partial charge is 0.507 e. The van der Waals surface area contributed by atoms with Crippen molar-refractivity contribution >= 4 is 29.2 Å². The van der Waals surface area contributed by atoms with Gasteiger partial charge in [-0.25, -0.2) is 0 Å². The number of nitrogens with zero attached hydrogens (tertiary/aromatic N) is 8. The van der Waals surface area contributed by atoms with E-state index in [2.05, 4.69) is 62.7 Å². The zero-order valence-electron chi connectivity index (χ0n) is 40.8. The molecule has 0 spiro atoms. The monoisotopic (exact) mass is 946 g/mol. The minimum atomic E-state index is -0.900. The zero-order valence-corrected chi connectivity index (χ0v) is 40.8. The van der Waals surface area contributed by atoms with Crippen LogP contribution in [-0.2, 0) is 20.9 Å². The van der Waals surface area contributed by atoms with Crippen LogP contribution in [0.15, 0.2) is 42.6 Å². The number of para-hydroxylation sites is 1.